The van der Waals surface area contributed by atoms with Gasteiger partial charge < -0.3 is 0 Å². The van der Waals surface area contributed by atoms with Gasteiger partial charge in [0.1, 0.15) is 0 Å². The zero-order valence-electron chi connectivity index (χ0n) is 12.1. The van der Waals surface area contributed by atoms with E-state index >= 15 is 0 Å². The first-order chi connectivity index (χ1) is 6.34. The Morgan fingerprint density at radius 2 is 1.07 bits per heavy atom. The zero-order chi connectivity index (χ0) is 12.5. The highest BCUT2D eigenvalue weighted by molar-refractivity contribution is 7.04. The molecule has 0 aromatic rings. The zero-order valence-corrected chi connectivity index (χ0v) is 15.1. The van der Waals surface area contributed by atoms with Gasteiger partial charge in [-0.3, -0.25) is 0 Å². The highest BCUT2D eigenvalue weighted by Gasteiger charge is 2.30. The van der Waals surface area contributed by atoms with Crippen molar-refractivity contribution in [1.29, 1.82) is 0 Å². The van der Waals surface area contributed by atoms with Gasteiger partial charge >= 0.3 is 0 Å². The minimum atomic E-state index is -1.16. The lowest BCUT2D eigenvalue weighted by Crippen LogP contribution is -2.39. The predicted octanol–water partition coefficient (Wildman–Crippen LogP) is 4.70. The van der Waals surface area contributed by atoms with Crippen LogP contribution in [0.3, 0.4) is 0 Å². The largest absolute Gasteiger partial charge is 0.139 e. The van der Waals surface area contributed by atoms with E-state index in [1.165, 1.54) is 0 Å². The molecule has 0 fully saturated rings. The number of hydrogen-bond donors (Lipinski definition) is 0. The Hall–Kier alpha value is 0.171. The number of hydrogen-bond acceptors (Lipinski definition) is 0. The van der Waals surface area contributed by atoms with E-state index in [0.29, 0.717) is 0 Å². The highest BCUT2D eigenvalue weighted by Crippen LogP contribution is 2.24. The van der Waals surface area contributed by atoms with Crippen molar-refractivity contribution in [2.45, 2.75) is 58.9 Å². The minimum Gasteiger partial charge on any atom is -0.139 e. The van der Waals surface area contributed by atoms with Gasteiger partial charge in [0.15, 0.2) is 0 Å². The molecule has 0 aliphatic rings. The average molecular weight is 257 g/mol. The van der Waals surface area contributed by atoms with Crippen LogP contribution in [0, 0.1) is 0 Å². The van der Waals surface area contributed by atoms with Crippen LogP contribution >= 0.6 is 0 Å². The second-order valence-electron chi connectivity index (χ2n) is 7.53. The van der Waals surface area contributed by atoms with Crippen LogP contribution in [0.1, 0.15) is 0 Å². The van der Waals surface area contributed by atoms with Gasteiger partial charge in [-0.05, 0) is 0 Å². The minimum absolute atomic E-state index is 1.09. The van der Waals surface area contributed by atoms with Crippen LogP contribution in [-0.2, 0) is 0 Å². The average Bonchev–Trinajstić information content (AvgIpc) is 1.75. The lowest BCUT2D eigenvalue weighted by atomic mass is 11.0. The fraction of sp³-hybridized carbons (Fsp3) is 0.750. The summed E-state index contributed by atoms with van der Waals surface area (Å²) in [4.78, 5) is 1.71. The monoisotopic (exact) mass is 256 g/mol. The van der Waals surface area contributed by atoms with Crippen LogP contribution in [-0.4, -0.2) is 24.2 Å². The van der Waals surface area contributed by atoms with Gasteiger partial charge in [0.05, 0.1) is 24.2 Å². The van der Waals surface area contributed by atoms with E-state index in [1.54, 1.807) is 4.82 Å². The molecule has 0 saturated carbocycles. The molecule has 0 amide bonds. The molecule has 0 aromatic carbocycles. The summed E-state index contributed by atoms with van der Waals surface area (Å²) in [6.45, 7) is 21.8. The van der Waals surface area contributed by atoms with Crippen LogP contribution < -0.4 is 0 Å². The summed E-state index contributed by atoms with van der Waals surface area (Å²) >= 11 is 0. The summed E-state index contributed by atoms with van der Waals surface area (Å²) in [5.41, 5.74) is 6.12. The molecule has 15 heavy (non-hydrogen) atoms. The Bertz CT molecular complexity index is 259. The first-order valence-electron chi connectivity index (χ1n) is 5.83. The van der Waals surface area contributed by atoms with Crippen molar-refractivity contribution < 1.29 is 0 Å². The smallest absolute Gasteiger partial charge is 0.0781 e. The van der Waals surface area contributed by atoms with E-state index in [1.807, 2.05) is 0 Å². The summed E-state index contributed by atoms with van der Waals surface area (Å²) in [6.07, 6.45) is 0. The number of rotatable bonds is 3. The molecule has 0 aliphatic carbocycles. The molecule has 0 rings (SSSR count). The lowest BCUT2D eigenvalue weighted by Gasteiger charge is -2.29. The van der Waals surface area contributed by atoms with Crippen LogP contribution in [0.4, 0.5) is 0 Å². The van der Waals surface area contributed by atoms with Crippen LogP contribution in [0.5, 0.6) is 0 Å². The van der Waals surface area contributed by atoms with Gasteiger partial charge in [0.25, 0.3) is 0 Å². The van der Waals surface area contributed by atoms with Gasteiger partial charge in [0.2, 0.25) is 0 Å². The molecule has 0 saturated heterocycles. The van der Waals surface area contributed by atoms with Crippen molar-refractivity contribution in [1.82, 2.24) is 0 Å². The molecule has 3 heteroatoms. The van der Waals surface area contributed by atoms with E-state index in [2.05, 4.69) is 70.4 Å². The Labute approximate surface area is 99.5 Å². The Balaban J connectivity index is 5.44. The Morgan fingerprint density at radius 1 is 0.733 bits per heavy atom. The van der Waals surface area contributed by atoms with Gasteiger partial charge in [-0.25, -0.2) is 0 Å². The molecule has 0 heterocycles. The summed E-state index contributed by atoms with van der Waals surface area (Å²) in [5, 5.41) is 0. The fourth-order valence-electron chi connectivity index (χ4n) is 1.85. The molecule has 0 bridgehead atoms. The van der Waals surface area contributed by atoms with Crippen molar-refractivity contribution in [2.75, 3.05) is 0 Å². The van der Waals surface area contributed by atoms with E-state index in [-0.39, 0.29) is 0 Å². The molecular weight excluding hydrogens is 228 g/mol. The van der Waals surface area contributed by atoms with E-state index in [4.69, 9.17) is 0 Å². The van der Waals surface area contributed by atoms with Gasteiger partial charge in [0, 0.05) is 0 Å². The van der Waals surface area contributed by atoms with E-state index < -0.39 is 24.2 Å². The molecule has 0 radical (unpaired) electrons. The van der Waals surface area contributed by atoms with Gasteiger partial charge in [-0.1, -0.05) is 69.4 Å². The third-order valence-corrected chi connectivity index (χ3v) is 10.9. The summed E-state index contributed by atoms with van der Waals surface area (Å²) in [7, 11) is -3.42. The van der Waals surface area contributed by atoms with Crippen molar-refractivity contribution in [3.8, 4) is 0 Å². The molecular formula is C12H28Si3. The van der Waals surface area contributed by atoms with Crippen molar-refractivity contribution >= 4 is 24.2 Å². The standard InChI is InChI=1S/C12H28Si3/c1-13(2,3)11-10-12(14(4,5)6)15(7,8)9/h11H,1-9H3. The topological polar surface area (TPSA) is 0 Å². The molecule has 0 nitrogen and oxygen atoms in total. The molecule has 0 atom stereocenters. The van der Waals surface area contributed by atoms with Gasteiger partial charge in [-0.2, -0.15) is 0 Å². The third kappa shape index (κ3) is 6.36. The molecule has 88 valence electrons. The third-order valence-electron chi connectivity index (χ3n) is 2.15. The van der Waals surface area contributed by atoms with Crippen molar-refractivity contribution in [3.63, 3.8) is 0 Å². The van der Waals surface area contributed by atoms with Crippen LogP contribution in [0.25, 0.3) is 0 Å². The first kappa shape index (κ1) is 15.2. The van der Waals surface area contributed by atoms with E-state index in [9.17, 15) is 0 Å². The summed E-state index contributed by atoms with van der Waals surface area (Å²) in [5.74, 6) is 0. The van der Waals surface area contributed by atoms with Crippen LogP contribution in [0.2, 0.25) is 58.9 Å². The molecule has 0 N–H and O–H groups in total. The highest BCUT2D eigenvalue weighted by atomic mass is 28.4. The van der Waals surface area contributed by atoms with E-state index in [0.717, 1.165) is 0 Å². The lowest BCUT2D eigenvalue weighted by molar-refractivity contribution is 1.63. The molecule has 0 aromatic heterocycles. The second-order valence-corrected chi connectivity index (χ2v) is 23.1. The fourth-order valence-corrected chi connectivity index (χ4v) is 12.7. The predicted molar refractivity (Wildman–Crippen MR) is 81.6 cm³/mol. The van der Waals surface area contributed by atoms with Crippen molar-refractivity contribution in [2.24, 2.45) is 0 Å². The maximum atomic E-state index is 3.72. The summed E-state index contributed by atoms with van der Waals surface area (Å²) in [6, 6.07) is 0. The van der Waals surface area contributed by atoms with Crippen LogP contribution in [0.15, 0.2) is 16.3 Å². The Morgan fingerprint density at radius 3 is 1.27 bits per heavy atom. The maximum Gasteiger partial charge on any atom is 0.0781 e. The normalized spacial score (nSPS) is 13.4. The first-order valence-corrected chi connectivity index (χ1v) is 16.4. The maximum absolute atomic E-state index is 3.72. The summed E-state index contributed by atoms with van der Waals surface area (Å²) < 4.78 is 0. The molecule has 0 spiro atoms. The quantitative estimate of drug-likeness (QED) is 0.507. The molecule has 0 aliphatic heterocycles. The Kier molecular flexibility index (Phi) is 4.63. The van der Waals surface area contributed by atoms with Crippen molar-refractivity contribution in [3.05, 3.63) is 16.3 Å². The second kappa shape index (κ2) is 4.58. The SMILES string of the molecule is C[Si](C)(C)C=C=C([Si](C)(C)C)[Si](C)(C)C. The molecule has 0 unspecified atom stereocenters. The van der Waals surface area contributed by atoms with Gasteiger partial charge in [-0.15, -0.1) is 5.73 Å².